The Balaban J connectivity index is 1.92. The van der Waals surface area contributed by atoms with Crippen molar-refractivity contribution in [3.05, 3.63) is 54.0 Å². The molecule has 0 saturated carbocycles. The minimum absolute atomic E-state index is 0.135. The topological polar surface area (TPSA) is 73.0 Å². The molecular formula is C19H22N4O2. The average molecular weight is 338 g/mol. The van der Waals surface area contributed by atoms with E-state index in [4.69, 9.17) is 4.42 Å². The van der Waals surface area contributed by atoms with Crippen LogP contribution in [0, 0.1) is 12.8 Å². The van der Waals surface area contributed by atoms with Crippen molar-refractivity contribution >= 4 is 5.91 Å². The number of aryl methyl sites for hydroxylation is 1. The molecule has 130 valence electrons. The first kappa shape index (κ1) is 17.0. The Bertz CT molecular complexity index is 833. The van der Waals surface area contributed by atoms with Crippen LogP contribution in [0.25, 0.3) is 17.3 Å². The van der Waals surface area contributed by atoms with Gasteiger partial charge in [-0.2, -0.15) is 4.98 Å². The van der Waals surface area contributed by atoms with Crippen molar-refractivity contribution in [1.29, 1.82) is 0 Å². The van der Waals surface area contributed by atoms with Gasteiger partial charge in [0.05, 0.1) is 12.0 Å². The number of nitrogens with one attached hydrogen (secondary N) is 1. The van der Waals surface area contributed by atoms with Crippen LogP contribution in [-0.4, -0.2) is 27.2 Å². The van der Waals surface area contributed by atoms with E-state index in [2.05, 4.69) is 29.2 Å². The number of amides is 1. The summed E-state index contributed by atoms with van der Waals surface area (Å²) in [5, 5.41) is 7.27. The van der Waals surface area contributed by atoms with Crippen molar-refractivity contribution in [1.82, 2.24) is 20.1 Å². The molecule has 0 aliphatic heterocycles. The third kappa shape index (κ3) is 3.96. The molecule has 3 aromatic rings. The van der Waals surface area contributed by atoms with E-state index in [9.17, 15) is 4.79 Å². The van der Waals surface area contributed by atoms with Crippen LogP contribution in [0.1, 0.15) is 36.5 Å². The van der Waals surface area contributed by atoms with Gasteiger partial charge in [0.25, 0.3) is 5.91 Å². The fourth-order valence-corrected chi connectivity index (χ4v) is 2.39. The lowest BCUT2D eigenvalue weighted by molar-refractivity contribution is 0.0941. The Hall–Kier alpha value is -2.89. The summed E-state index contributed by atoms with van der Waals surface area (Å²) in [5.41, 5.74) is 1.97. The van der Waals surface area contributed by atoms with Crippen molar-refractivity contribution < 1.29 is 9.21 Å². The molecule has 0 aliphatic rings. The number of hydrogen-bond donors (Lipinski definition) is 1. The van der Waals surface area contributed by atoms with Crippen molar-refractivity contribution in [2.45, 2.75) is 27.2 Å². The van der Waals surface area contributed by atoms with E-state index in [1.54, 1.807) is 23.1 Å². The average Bonchev–Trinajstić information content (AvgIpc) is 3.24. The van der Waals surface area contributed by atoms with Gasteiger partial charge >= 0.3 is 0 Å². The molecule has 0 saturated heterocycles. The first-order valence-electron chi connectivity index (χ1n) is 8.41. The van der Waals surface area contributed by atoms with Gasteiger partial charge in [-0.1, -0.05) is 31.5 Å². The molecule has 0 radical (unpaired) electrons. The summed E-state index contributed by atoms with van der Waals surface area (Å²) in [6.45, 7) is 6.86. The summed E-state index contributed by atoms with van der Waals surface area (Å²) >= 11 is 0. The standard InChI is InChI=1S/C19H22N4O2/c1-13(2)10-11-20-19(24)17-21-18(16-5-4-12-25-16)23(22-17)15-8-6-14(3)7-9-15/h4-9,12-13H,10-11H2,1-3H3,(H,20,24). The van der Waals surface area contributed by atoms with Gasteiger partial charge in [-0.25, -0.2) is 4.68 Å². The number of carbonyl (C=O) groups is 1. The number of carbonyl (C=O) groups excluding carboxylic acids is 1. The predicted molar refractivity (Wildman–Crippen MR) is 95.6 cm³/mol. The van der Waals surface area contributed by atoms with Crippen LogP contribution in [0.15, 0.2) is 47.1 Å². The van der Waals surface area contributed by atoms with E-state index in [-0.39, 0.29) is 11.7 Å². The SMILES string of the molecule is Cc1ccc(-n2nc(C(=O)NCCC(C)C)nc2-c2ccco2)cc1. The van der Waals surface area contributed by atoms with Crippen LogP contribution >= 0.6 is 0 Å². The molecule has 0 atom stereocenters. The molecule has 0 unspecified atom stereocenters. The van der Waals surface area contributed by atoms with Crippen molar-refractivity contribution in [3.8, 4) is 17.3 Å². The molecule has 1 aromatic carbocycles. The second-order valence-corrected chi connectivity index (χ2v) is 6.42. The Morgan fingerprint density at radius 2 is 2.00 bits per heavy atom. The molecule has 6 nitrogen and oxygen atoms in total. The molecule has 1 N–H and O–H groups in total. The molecule has 6 heteroatoms. The normalized spacial score (nSPS) is 11.0. The Labute approximate surface area is 146 Å². The van der Waals surface area contributed by atoms with Gasteiger partial charge in [-0.3, -0.25) is 4.79 Å². The molecular weight excluding hydrogens is 316 g/mol. The molecule has 0 aliphatic carbocycles. The van der Waals surface area contributed by atoms with E-state index in [1.165, 1.54) is 0 Å². The molecule has 2 aromatic heterocycles. The maximum atomic E-state index is 12.4. The van der Waals surface area contributed by atoms with E-state index >= 15 is 0 Å². The summed E-state index contributed by atoms with van der Waals surface area (Å²) in [7, 11) is 0. The summed E-state index contributed by atoms with van der Waals surface area (Å²) in [4.78, 5) is 16.8. The van der Waals surface area contributed by atoms with E-state index in [1.807, 2.05) is 31.2 Å². The maximum absolute atomic E-state index is 12.4. The van der Waals surface area contributed by atoms with Crippen LogP contribution < -0.4 is 5.32 Å². The van der Waals surface area contributed by atoms with Gasteiger partial charge in [0.15, 0.2) is 11.6 Å². The van der Waals surface area contributed by atoms with Gasteiger partial charge in [0.2, 0.25) is 5.82 Å². The van der Waals surface area contributed by atoms with Crippen molar-refractivity contribution in [2.24, 2.45) is 5.92 Å². The van der Waals surface area contributed by atoms with Gasteiger partial charge in [0, 0.05) is 6.54 Å². The summed E-state index contributed by atoms with van der Waals surface area (Å²) in [6.07, 6.45) is 2.49. The Kier molecular flexibility index (Phi) is 4.97. The largest absolute Gasteiger partial charge is 0.461 e. The lowest BCUT2D eigenvalue weighted by Crippen LogP contribution is -2.26. The zero-order valence-electron chi connectivity index (χ0n) is 14.7. The minimum Gasteiger partial charge on any atom is -0.461 e. The number of rotatable bonds is 6. The highest BCUT2D eigenvalue weighted by molar-refractivity contribution is 5.90. The molecule has 0 fully saturated rings. The fraction of sp³-hybridized carbons (Fsp3) is 0.316. The van der Waals surface area contributed by atoms with Crippen LogP contribution in [0.2, 0.25) is 0 Å². The Morgan fingerprint density at radius 1 is 1.24 bits per heavy atom. The van der Waals surface area contributed by atoms with Gasteiger partial charge < -0.3 is 9.73 Å². The zero-order valence-corrected chi connectivity index (χ0v) is 14.7. The first-order chi connectivity index (χ1) is 12.0. The molecule has 25 heavy (non-hydrogen) atoms. The number of benzene rings is 1. The number of hydrogen-bond acceptors (Lipinski definition) is 4. The van der Waals surface area contributed by atoms with Crippen LogP contribution in [-0.2, 0) is 0 Å². The lowest BCUT2D eigenvalue weighted by atomic mass is 10.1. The highest BCUT2D eigenvalue weighted by atomic mass is 16.3. The van der Waals surface area contributed by atoms with Gasteiger partial charge in [0.1, 0.15) is 0 Å². The van der Waals surface area contributed by atoms with Crippen LogP contribution in [0.4, 0.5) is 0 Å². The lowest BCUT2D eigenvalue weighted by Gasteiger charge is -2.05. The van der Waals surface area contributed by atoms with Gasteiger partial charge in [-0.15, -0.1) is 5.10 Å². The highest BCUT2D eigenvalue weighted by Gasteiger charge is 2.20. The molecule has 2 heterocycles. The van der Waals surface area contributed by atoms with Crippen LogP contribution in [0.3, 0.4) is 0 Å². The van der Waals surface area contributed by atoms with Crippen LogP contribution in [0.5, 0.6) is 0 Å². The number of furan rings is 1. The smallest absolute Gasteiger partial charge is 0.290 e. The summed E-state index contributed by atoms with van der Waals surface area (Å²) in [5.74, 6) is 1.45. The van der Waals surface area contributed by atoms with Crippen molar-refractivity contribution in [3.63, 3.8) is 0 Å². The molecule has 3 rings (SSSR count). The predicted octanol–water partition coefficient (Wildman–Crippen LogP) is 3.61. The fourth-order valence-electron chi connectivity index (χ4n) is 2.39. The van der Waals surface area contributed by atoms with Gasteiger partial charge in [-0.05, 0) is 43.5 Å². The number of nitrogens with zero attached hydrogens (tertiary/aromatic N) is 3. The molecule has 0 spiro atoms. The Morgan fingerprint density at radius 3 is 2.64 bits per heavy atom. The summed E-state index contributed by atoms with van der Waals surface area (Å²) < 4.78 is 7.09. The van der Waals surface area contributed by atoms with E-state index < -0.39 is 0 Å². The number of aromatic nitrogens is 3. The monoisotopic (exact) mass is 338 g/mol. The third-order valence-electron chi connectivity index (χ3n) is 3.84. The second kappa shape index (κ2) is 7.34. The quantitative estimate of drug-likeness (QED) is 0.745. The summed E-state index contributed by atoms with van der Waals surface area (Å²) in [6, 6.07) is 11.4. The minimum atomic E-state index is -0.278. The highest BCUT2D eigenvalue weighted by Crippen LogP contribution is 2.22. The first-order valence-corrected chi connectivity index (χ1v) is 8.41. The van der Waals surface area contributed by atoms with E-state index in [0.29, 0.717) is 24.0 Å². The molecule has 0 bridgehead atoms. The molecule has 1 amide bonds. The van der Waals surface area contributed by atoms with Crippen molar-refractivity contribution in [2.75, 3.05) is 6.54 Å². The second-order valence-electron chi connectivity index (χ2n) is 6.42. The third-order valence-corrected chi connectivity index (χ3v) is 3.84. The van der Waals surface area contributed by atoms with E-state index in [0.717, 1.165) is 17.7 Å². The zero-order chi connectivity index (χ0) is 17.8. The maximum Gasteiger partial charge on any atom is 0.290 e.